The van der Waals surface area contributed by atoms with E-state index in [2.05, 4.69) is 36.3 Å². The normalized spacial score (nSPS) is 10.0. The third-order valence-electron chi connectivity index (χ3n) is 6.26. The third kappa shape index (κ3) is 7.23. The van der Waals surface area contributed by atoms with Crippen LogP contribution in [0.15, 0.2) is 84.0 Å². The molecule has 0 aliphatic rings. The number of hydrogen-bond donors (Lipinski definition) is 2. The molecule has 0 amide bonds. The largest absolute Gasteiger partial charge is 0.481 e. The van der Waals surface area contributed by atoms with Crippen molar-refractivity contribution in [1.29, 1.82) is 0 Å². The summed E-state index contributed by atoms with van der Waals surface area (Å²) in [6, 6.07) is 21.2. The Morgan fingerprint density at radius 2 is 1.71 bits per heavy atom. The molecule has 3 N–H and O–H groups in total. The Kier molecular flexibility index (Phi) is 10.8. The molecule has 0 atom stereocenters. The van der Waals surface area contributed by atoms with E-state index in [-0.39, 0.29) is 11.5 Å². The summed E-state index contributed by atoms with van der Waals surface area (Å²) >= 11 is 1.37. The number of terminal acetylenes is 1. The maximum atomic E-state index is 13.4. The second-order valence-corrected chi connectivity index (χ2v) is 9.87. The smallest absolute Gasteiger partial charge is 0.273 e. The van der Waals surface area contributed by atoms with E-state index in [1.807, 2.05) is 81.4 Å². The molecule has 45 heavy (non-hydrogen) atoms. The number of nitrogens with two attached hydrogens (primary N) is 1. The van der Waals surface area contributed by atoms with Gasteiger partial charge < -0.3 is 15.2 Å². The van der Waals surface area contributed by atoms with Crippen molar-refractivity contribution in [3.63, 3.8) is 0 Å². The quantitative estimate of drug-likeness (QED) is 0.168. The van der Waals surface area contributed by atoms with E-state index in [9.17, 15) is 4.79 Å². The van der Waals surface area contributed by atoms with Crippen LogP contribution in [0.2, 0.25) is 0 Å². The maximum Gasteiger partial charge on any atom is 0.273 e. The highest BCUT2D eigenvalue weighted by molar-refractivity contribution is 7.16. The first-order chi connectivity index (χ1) is 21.9. The van der Waals surface area contributed by atoms with E-state index in [4.69, 9.17) is 21.6 Å². The van der Waals surface area contributed by atoms with Gasteiger partial charge in [0.05, 0.1) is 41.3 Å². The summed E-state index contributed by atoms with van der Waals surface area (Å²) in [5.74, 6) is 1.79. The molecule has 6 aromatic rings. The van der Waals surface area contributed by atoms with Crippen molar-refractivity contribution in [2.24, 2.45) is 0 Å². The van der Waals surface area contributed by atoms with Crippen molar-refractivity contribution in [2.45, 2.75) is 20.8 Å². The summed E-state index contributed by atoms with van der Waals surface area (Å²) in [6.45, 7) is 5.84. The summed E-state index contributed by atoms with van der Waals surface area (Å²) in [7, 11) is 3.13. The first-order valence-electron chi connectivity index (χ1n) is 13.9. The Morgan fingerprint density at radius 1 is 0.933 bits per heavy atom. The predicted molar refractivity (Wildman–Crippen MR) is 180 cm³/mol. The van der Waals surface area contributed by atoms with E-state index in [1.54, 1.807) is 37.4 Å². The Balaban J connectivity index is 0.000000210. The van der Waals surface area contributed by atoms with Gasteiger partial charge in [-0.05, 0) is 42.3 Å². The van der Waals surface area contributed by atoms with Crippen LogP contribution in [0.5, 0.6) is 11.1 Å². The van der Waals surface area contributed by atoms with Gasteiger partial charge in [0, 0.05) is 30.7 Å². The van der Waals surface area contributed by atoms with Crippen LogP contribution in [-0.2, 0) is 0 Å². The molecule has 0 bridgehead atoms. The highest BCUT2D eigenvalue weighted by Gasteiger charge is 2.15. The van der Waals surface area contributed by atoms with Gasteiger partial charge in [-0.2, -0.15) is 4.98 Å². The van der Waals surface area contributed by atoms with Crippen molar-refractivity contribution >= 4 is 34.0 Å². The molecule has 12 heteroatoms. The summed E-state index contributed by atoms with van der Waals surface area (Å²) in [5.41, 5.74) is 9.29. The molecule has 11 nitrogen and oxygen atoms in total. The molecule has 0 fully saturated rings. The van der Waals surface area contributed by atoms with E-state index >= 15 is 0 Å². The fraction of sp³-hybridized carbons (Fsp3) is 0.152. The highest BCUT2D eigenvalue weighted by Crippen LogP contribution is 2.33. The van der Waals surface area contributed by atoms with Gasteiger partial charge in [-0.3, -0.25) is 14.7 Å². The summed E-state index contributed by atoms with van der Waals surface area (Å²) in [6.07, 6.45) is 10.1. The van der Waals surface area contributed by atoms with Crippen LogP contribution in [0, 0.1) is 19.4 Å². The van der Waals surface area contributed by atoms with Crippen LogP contribution < -0.4 is 26.1 Å². The summed E-state index contributed by atoms with van der Waals surface area (Å²) in [5, 5.41) is 3.82. The fourth-order valence-corrected chi connectivity index (χ4v) is 5.11. The molecule has 0 radical (unpaired) electrons. The van der Waals surface area contributed by atoms with Crippen molar-refractivity contribution in [3.8, 4) is 50.8 Å². The van der Waals surface area contributed by atoms with E-state index in [0.717, 1.165) is 27.3 Å². The minimum atomic E-state index is -0.0925. The van der Waals surface area contributed by atoms with Gasteiger partial charge >= 0.3 is 0 Å². The van der Waals surface area contributed by atoms with Gasteiger partial charge in [0.1, 0.15) is 5.82 Å². The van der Waals surface area contributed by atoms with E-state index in [1.165, 1.54) is 11.3 Å². The molecule has 4 aromatic heterocycles. The minimum Gasteiger partial charge on any atom is -0.481 e. The number of rotatable bonds is 6. The number of nitrogen functional groups attached to an aromatic ring is 1. The average molecular weight is 621 g/mol. The number of anilines is 2. The molecule has 0 aliphatic heterocycles. The number of aromatic nitrogens is 6. The first kappa shape index (κ1) is 32.1. The molecule has 0 aliphatic carbocycles. The molecular weight excluding hydrogens is 588 g/mol. The molecule has 4 heterocycles. The minimum absolute atomic E-state index is 0.0925. The number of nitrogens with zero attached hydrogens (tertiary/aromatic N) is 6. The zero-order valence-corrected chi connectivity index (χ0v) is 26.3. The molecule has 2 aromatic carbocycles. The Bertz CT molecular complexity index is 2000. The van der Waals surface area contributed by atoms with Gasteiger partial charge in [-0.25, -0.2) is 19.9 Å². The Hall–Kier alpha value is -5.80. The van der Waals surface area contributed by atoms with Gasteiger partial charge in [0.2, 0.25) is 11.8 Å². The molecule has 0 unspecified atom stereocenters. The number of thiazole rings is 1. The van der Waals surface area contributed by atoms with Gasteiger partial charge in [-0.1, -0.05) is 61.9 Å². The number of methoxy groups -OCH3 is 2. The lowest BCUT2D eigenvalue weighted by Crippen LogP contribution is -2.22. The molecule has 0 saturated carbocycles. The molecule has 6 rings (SSSR count). The molecular formula is C33H32N8O3S. The summed E-state index contributed by atoms with van der Waals surface area (Å²) in [4.78, 5) is 35.0. The molecule has 228 valence electrons. The lowest BCUT2D eigenvalue weighted by Gasteiger charge is -2.13. The second kappa shape index (κ2) is 15.1. The van der Waals surface area contributed by atoms with Crippen LogP contribution >= 0.6 is 11.3 Å². The second-order valence-electron chi connectivity index (χ2n) is 8.88. The standard InChI is InChI=1S/C21H17N3O2.C10H9N5OS.C2H6/c1-14-23-18-10-6-9-17(15-11-12-22-19(13-15)26-2)20(18)21(25)24(14)16-7-4-3-5-8-16;1-3-12-8-6(4-13-9(11)15-8)7-5-14-10(16-2)17-7;1-2/h3-13H,1-2H3;1,4-5H,2H3,(H3,11,12,13,15);1-2H3. The van der Waals surface area contributed by atoms with Crippen molar-refractivity contribution in [1.82, 2.24) is 29.5 Å². The van der Waals surface area contributed by atoms with Crippen LogP contribution in [0.1, 0.15) is 19.7 Å². The van der Waals surface area contributed by atoms with E-state index in [0.29, 0.717) is 33.6 Å². The third-order valence-corrected chi connectivity index (χ3v) is 7.25. The maximum absolute atomic E-state index is 13.4. The number of ether oxygens (including phenoxy) is 2. The zero-order valence-electron chi connectivity index (χ0n) is 25.5. The number of nitrogens with one attached hydrogen (secondary N) is 1. The average Bonchev–Trinajstić information content (AvgIpc) is 3.56. The topological polar surface area (TPSA) is 143 Å². The van der Waals surface area contributed by atoms with E-state index < -0.39 is 0 Å². The molecule has 0 saturated heterocycles. The number of fused-ring (bicyclic) bond motifs is 1. The lowest BCUT2D eigenvalue weighted by molar-refractivity contribution is 0.398. The lowest BCUT2D eigenvalue weighted by atomic mass is 10.0. The van der Waals surface area contributed by atoms with Crippen LogP contribution in [0.3, 0.4) is 0 Å². The van der Waals surface area contributed by atoms with Crippen LogP contribution in [0.4, 0.5) is 11.8 Å². The first-order valence-corrected chi connectivity index (χ1v) is 14.7. The number of para-hydroxylation sites is 1. The summed E-state index contributed by atoms with van der Waals surface area (Å²) < 4.78 is 11.9. The monoisotopic (exact) mass is 620 g/mol. The Labute approximate surface area is 264 Å². The van der Waals surface area contributed by atoms with Gasteiger partial charge in [-0.15, -0.1) is 0 Å². The zero-order chi connectivity index (χ0) is 32.3. The highest BCUT2D eigenvalue weighted by atomic mass is 32.1. The predicted octanol–water partition coefficient (Wildman–Crippen LogP) is 5.98. The fourth-order valence-electron chi connectivity index (χ4n) is 4.37. The Morgan fingerprint density at radius 3 is 2.40 bits per heavy atom. The number of pyridine rings is 1. The van der Waals surface area contributed by atoms with Gasteiger partial charge in [0.25, 0.3) is 10.8 Å². The number of benzene rings is 2. The number of hydrogen-bond acceptors (Lipinski definition) is 11. The van der Waals surface area contributed by atoms with Crippen molar-refractivity contribution in [2.75, 3.05) is 25.3 Å². The SMILES string of the molecule is C#CNc1nc(N)ncc1-c1cnc(OC)s1.CC.COc1cc(-c2cccc3nc(C)n(-c4ccccc4)c(=O)c23)ccn1. The number of aryl methyl sites for hydroxylation is 1. The van der Waals surface area contributed by atoms with Crippen LogP contribution in [0.25, 0.3) is 38.2 Å². The van der Waals surface area contributed by atoms with Crippen molar-refractivity contribution < 1.29 is 9.47 Å². The van der Waals surface area contributed by atoms with Gasteiger partial charge in [0.15, 0.2) is 5.82 Å². The van der Waals surface area contributed by atoms with Crippen LogP contribution in [-0.4, -0.2) is 43.7 Å². The molecule has 0 spiro atoms. The van der Waals surface area contributed by atoms with Crippen molar-refractivity contribution in [3.05, 3.63) is 95.4 Å².